The molecule has 0 bridgehead atoms. The first-order valence-corrected chi connectivity index (χ1v) is 30.6. The van der Waals surface area contributed by atoms with Crippen LogP contribution in [0.2, 0.25) is 0 Å². The van der Waals surface area contributed by atoms with Crippen molar-refractivity contribution < 1.29 is 38.1 Å². The van der Waals surface area contributed by atoms with Crippen molar-refractivity contribution in [3.63, 3.8) is 0 Å². The van der Waals surface area contributed by atoms with Crippen LogP contribution in [0.4, 0.5) is 0 Å². The van der Waals surface area contributed by atoms with Gasteiger partial charge in [-0.2, -0.15) is 0 Å². The van der Waals surface area contributed by atoms with Gasteiger partial charge in [0, 0.05) is 0 Å². The lowest BCUT2D eigenvalue weighted by Crippen LogP contribution is -2.63. The van der Waals surface area contributed by atoms with Gasteiger partial charge in [0.25, 0.3) is 0 Å². The first-order chi connectivity index (χ1) is 41.2. The Hall–Kier alpha value is -9.66. The van der Waals surface area contributed by atoms with E-state index in [0.29, 0.717) is 0 Å². The van der Waals surface area contributed by atoms with Crippen molar-refractivity contribution in [1.29, 1.82) is 0 Å². The van der Waals surface area contributed by atoms with Gasteiger partial charge in [-0.05, 0) is 355 Å². The fourth-order valence-corrected chi connectivity index (χ4v) is 26.6. The number of hydrogen-bond donors (Lipinski definition) is 0. The summed E-state index contributed by atoms with van der Waals surface area (Å²) < 4.78 is 26.3. The Morgan fingerprint density at radius 3 is 0.476 bits per heavy atom. The zero-order valence-electron chi connectivity index (χ0n) is 45.1. The molecule has 0 aliphatic heterocycles. The summed E-state index contributed by atoms with van der Waals surface area (Å²) >= 11 is 0. The second-order valence-corrected chi connectivity index (χ2v) is 28.4. The van der Waals surface area contributed by atoms with Gasteiger partial charge in [0.2, 0.25) is 0 Å². The van der Waals surface area contributed by atoms with E-state index < -0.39 is 45.5 Å². The number of hydrogen-bond acceptors (Lipinski definition) is 8. The SMILES string of the molecule is CCOC(=O)C(C)(C(=O)OCC)C12c3c4c5c6c7c8c9c%10c(c1c1c%11c2c2c%12c3c5c3c5c%12c%12c2c2c%11c%11c%13c1c%10c1c%10c9c9c7c7c6c3c3c5c5c%12c6c2c%11c2c(c%131)c1c%10c9c9c7c3c3c9c1c2c6c53)C48C(C)(C(=O)OCC)C(=O)OCC. The predicted octanol–water partition coefficient (Wildman–Crippen LogP) is 17.2. The average Bonchev–Trinajstić information content (AvgIpc) is 1.39. The van der Waals surface area contributed by atoms with E-state index in [2.05, 4.69) is 0 Å². The Labute approximate surface area is 462 Å². The summed E-state index contributed by atoms with van der Waals surface area (Å²) in [6.45, 7) is 11.3. The zero-order valence-corrected chi connectivity index (χ0v) is 45.1. The lowest BCUT2D eigenvalue weighted by atomic mass is 9.42. The maximum atomic E-state index is 16.7. The molecule has 0 saturated carbocycles. The van der Waals surface area contributed by atoms with Crippen LogP contribution >= 0.6 is 0 Å². The minimum Gasteiger partial charge on any atom is -0.465 e. The summed E-state index contributed by atoms with van der Waals surface area (Å²) in [5.74, 6) is -2.51. The molecule has 0 fully saturated rings. The molecule has 0 aromatic heterocycles. The van der Waals surface area contributed by atoms with Crippen LogP contribution in [0.25, 0.3) is 280 Å². The van der Waals surface area contributed by atoms with E-state index in [-0.39, 0.29) is 26.4 Å². The highest BCUT2D eigenvalue weighted by Gasteiger charge is 2.79. The normalized spacial score (nSPS) is 20.3. The highest BCUT2D eigenvalue weighted by molar-refractivity contribution is 6.81. The molecule has 0 radical (unpaired) electrons. The fourth-order valence-electron chi connectivity index (χ4n) is 26.6. The molecule has 378 valence electrons. The van der Waals surface area contributed by atoms with Crippen molar-refractivity contribution in [1.82, 2.24) is 0 Å². The standard InChI is InChI=1S/C76H26O8/c1-7-81-69(77)73(5,70(78)82-8-2)75-63-55-46-39-26-19-13-14-16-12-11-15(13)24(26)30-28-17(11)21-18(12)29-31-25(16)27-20(14)23-22(19)33-41-34(23)43-40(27)47-45(31)49-36(29)38-32(21)37-35(28)48(44(30)46)59(63)61-50(37)51(38)62-60(49)64-56(47)53(43)58-54(41)57(52(55)42(33)39)65(75)66(58)76(64,68(62)67(61)75)74(6,71(79)83-9-3)72(80)84-10-4/h7-10H2,1-6H3. The minimum atomic E-state index is -2.05. The van der Waals surface area contributed by atoms with Gasteiger partial charge in [-0.25, -0.2) is 0 Å². The summed E-state index contributed by atoms with van der Waals surface area (Å²) in [6.07, 6.45) is 0. The van der Waals surface area contributed by atoms with E-state index in [4.69, 9.17) is 18.9 Å². The Morgan fingerprint density at radius 2 is 0.321 bits per heavy atom. The van der Waals surface area contributed by atoms with Crippen molar-refractivity contribution in [2.75, 3.05) is 26.4 Å². The van der Waals surface area contributed by atoms with Crippen LogP contribution < -0.4 is 0 Å². The van der Waals surface area contributed by atoms with Crippen molar-refractivity contribution in [3.05, 3.63) is 33.4 Å². The number of benzene rings is 17. The Kier molecular flexibility index (Phi) is 3.87. The van der Waals surface area contributed by atoms with Gasteiger partial charge >= 0.3 is 23.9 Å². The van der Waals surface area contributed by atoms with Gasteiger partial charge in [-0.1, -0.05) is 0 Å². The molecular weight excluding hydrogens is 1040 g/mol. The molecule has 0 heterocycles. The van der Waals surface area contributed by atoms with Crippen LogP contribution in [-0.4, -0.2) is 50.3 Å². The number of rotatable bonds is 10. The third-order valence-corrected chi connectivity index (χ3v) is 27.5. The monoisotopic (exact) mass is 1070 g/mol. The van der Waals surface area contributed by atoms with E-state index in [1.807, 2.05) is 41.5 Å². The Bertz CT molecular complexity index is 7390. The van der Waals surface area contributed by atoms with Crippen LogP contribution in [0.15, 0.2) is 0 Å². The van der Waals surface area contributed by atoms with Gasteiger partial charge in [0.15, 0.2) is 10.8 Å². The summed E-state index contributed by atoms with van der Waals surface area (Å²) in [4.78, 5) is 67.0. The van der Waals surface area contributed by atoms with E-state index in [9.17, 15) is 0 Å². The van der Waals surface area contributed by atoms with Crippen molar-refractivity contribution in [2.24, 2.45) is 10.8 Å². The van der Waals surface area contributed by atoms with Gasteiger partial charge in [-0.3, -0.25) is 19.2 Å². The highest BCUT2D eigenvalue weighted by atomic mass is 16.6. The number of carbonyl (C=O) groups is 4. The van der Waals surface area contributed by atoms with Crippen LogP contribution in [0, 0.1) is 10.8 Å². The molecule has 84 heavy (non-hydrogen) atoms. The quantitative estimate of drug-likeness (QED) is 0.0577. The molecule has 27 aromatic rings. The van der Waals surface area contributed by atoms with Gasteiger partial charge in [0.1, 0.15) is 0 Å². The maximum absolute atomic E-state index is 16.7. The van der Waals surface area contributed by atoms with E-state index in [0.717, 1.165) is 81.9 Å². The van der Waals surface area contributed by atoms with Crippen molar-refractivity contribution in [2.45, 2.75) is 52.4 Å². The van der Waals surface area contributed by atoms with Crippen LogP contribution in [0.5, 0.6) is 0 Å². The van der Waals surface area contributed by atoms with Gasteiger partial charge in [0.05, 0.1) is 37.3 Å². The molecule has 8 heteroatoms. The first-order valence-electron chi connectivity index (χ1n) is 30.6. The van der Waals surface area contributed by atoms with Gasteiger partial charge in [-0.15, -0.1) is 0 Å². The number of carbonyl (C=O) groups excluding carboxylic acids is 4. The average molecular weight is 1070 g/mol. The smallest absolute Gasteiger partial charge is 0.324 e. The summed E-state index contributed by atoms with van der Waals surface area (Å²) in [5, 5.41) is 68.1. The fraction of sp³-hybridized carbons (Fsp3) is 0.184. The van der Waals surface area contributed by atoms with Crippen molar-refractivity contribution in [3.8, 4) is 0 Å². The molecule has 27 aromatic carbocycles. The third kappa shape index (κ3) is 2.12. The molecule has 0 N–H and O–H groups in total. The van der Waals surface area contributed by atoms with Crippen molar-refractivity contribution >= 4 is 304 Å². The molecule has 0 amide bonds. The van der Waals surface area contributed by atoms with E-state index in [1.54, 1.807) is 0 Å². The molecule has 32 rings (SSSR count). The molecule has 2 unspecified atom stereocenters. The van der Waals surface area contributed by atoms with Crippen LogP contribution in [0.1, 0.15) is 74.9 Å². The van der Waals surface area contributed by atoms with E-state index >= 15 is 19.2 Å². The lowest BCUT2D eigenvalue weighted by Gasteiger charge is -2.56. The topological polar surface area (TPSA) is 105 Å². The predicted molar refractivity (Wildman–Crippen MR) is 335 cm³/mol. The molecule has 0 spiro atoms. The second-order valence-electron chi connectivity index (χ2n) is 28.4. The third-order valence-electron chi connectivity index (χ3n) is 27.5. The van der Waals surface area contributed by atoms with Crippen LogP contribution in [0.3, 0.4) is 0 Å². The molecule has 5 aliphatic rings. The summed E-state index contributed by atoms with van der Waals surface area (Å²) in [5.41, 5.74) is -1.77. The summed E-state index contributed by atoms with van der Waals surface area (Å²) in [7, 11) is 0. The first kappa shape index (κ1) is 36.7. The second kappa shape index (κ2) is 8.84. The molecule has 5 aliphatic carbocycles. The number of ether oxygens (including phenoxy) is 4. The Morgan fingerprint density at radius 1 is 0.214 bits per heavy atom. The molecule has 0 saturated heterocycles. The zero-order chi connectivity index (χ0) is 53.5. The van der Waals surface area contributed by atoms with Gasteiger partial charge < -0.3 is 18.9 Å². The van der Waals surface area contributed by atoms with Crippen LogP contribution in [-0.2, 0) is 49.0 Å². The summed E-state index contributed by atoms with van der Waals surface area (Å²) in [6, 6.07) is 0. The maximum Gasteiger partial charge on any atom is 0.324 e. The molecule has 8 nitrogen and oxygen atoms in total. The minimum absolute atomic E-state index is 0.0477. The Balaban J connectivity index is 1.12. The highest BCUT2D eigenvalue weighted by Crippen LogP contribution is 2.87. The lowest BCUT2D eigenvalue weighted by molar-refractivity contribution is -0.177. The largest absolute Gasteiger partial charge is 0.465 e. The molecule has 2 atom stereocenters. The number of esters is 4. The van der Waals surface area contributed by atoms with E-state index in [1.165, 1.54) is 232 Å². The molecular formula is C76H26O8.